The third kappa shape index (κ3) is 5.89. The Kier molecular flexibility index (Phi) is 2.23. The van der Waals surface area contributed by atoms with Gasteiger partial charge in [-0.15, -0.1) is 4.76 Å². The van der Waals surface area contributed by atoms with Gasteiger partial charge in [-0.05, 0) is 11.8 Å². The molecule has 7 heavy (non-hydrogen) atoms. The zero-order valence-electron chi connectivity index (χ0n) is 2.97. The number of carbonyl (C=O) groups excluding carboxylic acids is 1. The van der Waals surface area contributed by atoms with Crippen LogP contribution < -0.4 is 0 Å². The van der Waals surface area contributed by atoms with Gasteiger partial charge in [0, 0.05) is 0 Å². The maximum Gasteiger partial charge on any atom is 0.394 e. The second kappa shape index (κ2) is 2.26. The van der Waals surface area contributed by atoms with Gasteiger partial charge in [0.25, 0.3) is 0 Å². The molecule has 0 saturated carbocycles. The van der Waals surface area contributed by atoms with Crippen LogP contribution in [0.1, 0.15) is 0 Å². The lowest BCUT2D eigenvalue weighted by molar-refractivity contribution is 0.565. The predicted molar refractivity (Wildman–Crippen MR) is 24.6 cm³/mol. The summed E-state index contributed by atoms with van der Waals surface area (Å²) in [7, 11) is 0. The van der Waals surface area contributed by atoms with Crippen LogP contribution in [-0.2, 0) is 16.6 Å². The molecular formula is CF2NOPS. The molecule has 0 amide bonds. The molecule has 6 heteroatoms. The first-order chi connectivity index (χ1) is 3.06. The first-order valence-corrected chi connectivity index (χ1v) is 3.69. The van der Waals surface area contributed by atoms with Gasteiger partial charge in [0.1, 0.15) is 0 Å². The van der Waals surface area contributed by atoms with E-state index >= 15 is 0 Å². The summed E-state index contributed by atoms with van der Waals surface area (Å²) in [6, 6.07) is 0. The minimum Gasteiger partial charge on any atom is -0.211 e. The summed E-state index contributed by atoms with van der Waals surface area (Å²) in [6.45, 7) is -4.63. The van der Waals surface area contributed by atoms with E-state index in [-0.39, 0.29) is 0 Å². The molecule has 0 heterocycles. The zero-order valence-corrected chi connectivity index (χ0v) is 4.68. The number of rotatable bonds is 1. The predicted octanol–water partition coefficient (Wildman–Crippen LogP) is 1.49. The number of isocyanates is 1. The fourth-order valence-corrected chi connectivity index (χ4v) is 0.243. The average Bonchev–Trinajstić information content (AvgIpc) is 1.30. The van der Waals surface area contributed by atoms with E-state index in [1.165, 1.54) is 0 Å². The fraction of sp³-hybridized carbons (Fsp3) is 0. The van der Waals surface area contributed by atoms with Crippen molar-refractivity contribution in [2.24, 2.45) is 4.76 Å². The first kappa shape index (κ1) is 6.89. The molecule has 0 aromatic carbocycles. The summed E-state index contributed by atoms with van der Waals surface area (Å²) in [5, 5.41) is 0. The van der Waals surface area contributed by atoms with E-state index in [1.54, 1.807) is 0 Å². The van der Waals surface area contributed by atoms with E-state index in [0.29, 0.717) is 6.08 Å². The summed E-state index contributed by atoms with van der Waals surface area (Å²) in [6.07, 6.45) is 0.678. The monoisotopic (exact) mass is 143 g/mol. The lowest BCUT2D eigenvalue weighted by Crippen LogP contribution is -1.48. The van der Waals surface area contributed by atoms with Gasteiger partial charge in [0.05, 0.1) is 0 Å². The van der Waals surface area contributed by atoms with Gasteiger partial charge in [-0.1, -0.05) is 0 Å². The molecule has 0 fully saturated rings. The molecular weight excluding hydrogens is 143 g/mol. The summed E-state index contributed by atoms with van der Waals surface area (Å²) < 4.78 is 24.5. The summed E-state index contributed by atoms with van der Waals surface area (Å²) in [5.41, 5.74) is 0. The first-order valence-electron chi connectivity index (χ1n) is 1.15. The Balaban J connectivity index is 4.10. The molecule has 0 radical (unpaired) electrons. The Bertz CT molecular complexity index is 146. The molecule has 2 nitrogen and oxygen atoms in total. The van der Waals surface area contributed by atoms with Crippen molar-refractivity contribution in [3.05, 3.63) is 0 Å². The maximum atomic E-state index is 11.2. The standard InChI is InChI=1S/CF2NOPS/c2-6(3,7)4-1-5. The van der Waals surface area contributed by atoms with Crippen LogP contribution in [-0.4, -0.2) is 6.08 Å². The lowest BCUT2D eigenvalue weighted by Gasteiger charge is -1.80. The largest absolute Gasteiger partial charge is 0.394 e. The van der Waals surface area contributed by atoms with Gasteiger partial charge in [-0.25, -0.2) is 4.79 Å². The van der Waals surface area contributed by atoms with Crippen LogP contribution in [0.25, 0.3) is 0 Å². The molecule has 0 aromatic heterocycles. The highest BCUT2D eigenvalue weighted by atomic mass is 32.5. The number of halogens is 2. The third-order valence-electron chi connectivity index (χ3n) is 0.157. The van der Waals surface area contributed by atoms with Crippen LogP contribution in [0.4, 0.5) is 8.39 Å². The van der Waals surface area contributed by atoms with Crippen molar-refractivity contribution >= 4 is 24.7 Å². The van der Waals surface area contributed by atoms with Crippen molar-refractivity contribution < 1.29 is 13.2 Å². The van der Waals surface area contributed by atoms with Crippen molar-refractivity contribution in [2.45, 2.75) is 0 Å². The number of hydrogen-bond acceptors (Lipinski definition) is 2. The molecule has 0 N–H and O–H groups in total. The summed E-state index contributed by atoms with van der Waals surface area (Å²) >= 11 is 3.43. The molecule has 0 atom stereocenters. The van der Waals surface area contributed by atoms with Gasteiger partial charge < -0.3 is 0 Å². The maximum absolute atomic E-state index is 11.2. The zero-order chi connectivity index (χ0) is 5.91. The van der Waals surface area contributed by atoms with E-state index in [0.717, 1.165) is 0 Å². The Labute approximate surface area is 43.5 Å². The highest BCUT2D eigenvalue weighted by Crippen LogP contribution is 2.50. The highest BCUT2D eigenvalue weighted by Gasteiger charge is 2.07. The van der Waals surface area contributed by atoms with Crippen LogP contribution >= 0.6 is 6.81 Å². The van der Waals surface area contributed by atoms with Gasteiger partial charge >= 0.3 is 6.81 Å². The van der Waals surface area contributed by atoms with Crippen LogP contribution in [0.5, 0.6) is 0 Å². The quantitative estimate of drug-likeness (QED) is 0.316. The molecule has 0 aliphatic heterocycles. The minimum absolute atomic E-state index is 0.678. The third-order valence-corrected chi connectivity index (χ3v) is 0.717. The van der Waals surface area contributed by atoms with Crippen molar-refractivity contribution in [3.63, 3.8) is 0 Å². The Hall–Kier alpha value is -0.110. The normalized spacial score (nSPS) is 10.0. The number of nitrogens with zero attached hydrogens (tertiary/aromatic N) is 1. The highest BCUT2D eigenvalue weighted by molar-refractivity contribution is 8.08. The summed E-state index contributed by atoms with van der Waals surface area (Å²) in [5.74, 6) is 0. The van der Waals surface area contributed by atoms with Crippen LogP contribution in [0.2, 0.25) is 0 Å². The smallest absolute Gasteiger partial charge is 0.211 e. The van der Waals surface area contributed by atoms with Gasteiger partial charge in [-0.2, -0.15) is 8.39 Å². The minimum atomic E-state index is -4.63. The van der Waals surface area contributed by atoms with E-state index in [1.807, 2.05) is 4.76 Å². The summed E-state index contributed by atoms with van der Waals surface area (Å²) in [4.78, 5) is 9.01. The Morgan fingerprint density at radius 2 is 2.14 bits per heavy atom. The molecule has 0 unspecified atom stereocenters. The van der Waals surface area contributed by atoms with Crippen molar-refractivity contribution in [1.29, 1.82) is 0 Å². The molecule has 0 aliphatic rings. The Morgan fingerprint density at radius 1 is 1.71 bits per heavy atom. The van der Waals surface area contributed by atoms with E-state index in [2.05, 4.69) is 11.8 Å². The SMILES string of the molecule is O=C=NP(F)(F)=S. The van der Waals surface area contributed by atoms with Crippen LogP contribution in [0.3, 0.4) is 0 Å². The van der Waals surface area contributed by atoms with Crippen molar-refractivity contribution in [2.75, 3.05) is 0 Å². The van der Waals surface area contributed by atoms with Gasteiger partial charge in [0.2, 0.25) is 6.08 Å². The molecule has 40 valence electrons. The Morgan fingerprint density at radius 3 is 2.14 bits per heavy atom. The molecule has 0 saturated heterocycles. The lowest BCUT2D eigenvalue weighted by atomic mass is 11.7. The van der Waals surface area contributed by atoms with E-state index in [4.69, 9.17) is 4.79 Å². The van der Waals surface area contributed by atoms with Crippen LogP contribution in [0.15, 0.2) is 4.76 Å². The topological polar surface area (TPSA) is 29.4 Å². The van der Waals surface area contributed by atoms with E-state index < -0.39 is 6.81 Å². The second-order valence-corrected chi connectivity index (χ2v) is 3.01. The van der Waals surface area contributed by atoms with Crippen molar-refractivity contribution in [3.8, 4) is 0 Å². The fourth-order valence-electron chi connectivity index (χ4n) is 0.0475. The molecule has 0 spiro atoms. The molecule has 0 bridgehead atoms. The molecule has 0 aliphatic carbocycles. The number of hydrogen-bond donors (Lipinski definition) is 0. The second-order valence-electron chi connectivity index (χ2n) is 0.626. The van der Waals surface area contributed by atoms with E-state index in [9.17, 15) is 8.39 Å². The molecule has 0 rings (SSSR count). The van der Waals surface area contributed by atoms with Gasteiger partial charge in [0.15, 0.2) is 0 Å². The van der Waals surface area contributed by atoms with Gasteiger partial charge in [-0.3, -0.25) is 0 Å². The average molecular weight is 143 g/mol. The molecule has 0 aromatic rings. The van der Waals surface area contributed by atoms with Crippen LogP contribution in [0, 0.1) is 0 Å². The van der Waals surface area contributed by atoms with Crippen molar-refractivity contribution in [1.82, 2.24) is 0 Å².